The second-order valence-electron chi connectivity index (χ2n) is 8.54. The molecule has 0 aliphatic heterocycles. The summed E-state index contributed by atoms with van der Waals surface area (Å²) < 4.78 is 11.9. The molecule has 0 unspecified atom stereocenters. The number of ether oxygens (including phenoxy) is 2. The van der Waals surface area contributed by atoms with Crippen LogP contribution in [0.2, 0.25) is 5.02 Å². The third-order valence-corrected chi connectivity index (χ3v) is 5.58. The number of halogens is 2. The van der Waals surface area contributed by atoms with Gasteiger partial charge in [0.25, 0.3) is 0 Å². The molecule has 1 aromatic heterocycles. The van der Waals surface area contributed by atoms with E-state index in [0.717, 1.165) is 47.5 Å². The summed E-state index contributed by atoms with van der Waals surface area (Å²) in [6, 6.07) is 13.9. The molecule has 0 amide bonds. The van der Waals surface area contributed by atoms with Crippen LogP contribution < -0.4 is 14.8 Å². The van der Waals surface area contributed by atoms with Crippen molar-refractivity contribution in [2.24, 2.45) is 5.92 Å². The molecule has 0 atom stereocenters. The van der Waals surface area contributed by atoms with E-state index in [9.17, 15) is 0 Å². The molecular formula is C24H30Cl2N2O2. The van der Waals surface area contributed by atoms with Crippen molar-refractivity contribution in [2.45, 2.75) is 38.6 Å². The zero-order valence-electron chi connectivity index (χ0n) is 17.5. The van der Waals surface area contributed by atoms with Gasteiger partial charge >= 0.3 is 0 Å². The number of aromatic amines is 1. The maximum Gasteiger partial charge on any atom is 0.161 e. The zero-order valence-corrected chi connectivity index (χ0v) is 19.1. The van der Waals surface area contributed by atoms with Gasteiger partial charge in [-0.2, -0.15) is 0 Å². The summed E-state index contributed by atoms with van der Waals surface area (Å²) in [5, 5.41) is 5.56. The molecule has 0 bridgehead atoms. The molecule has 1 aliphatic carbocycles. The molecular weight excluding hydrogens is 419 g/mol. The molecule has 30 heavy (non-hydrogen) atoms. The normalized spacial score (nSPS) is 13.8. The second kappa shape index (κ2) is 9.95. The summed E-state index contributed by atoms with van der Waals surface area (Å²) in [6.07, 6.45) is 5.54. The van der Waals surface area contributed by atoms with Crippen LogP contribution in [0.1, 0.15) is 32.3 Å². The van der Waals surface area contributed by atoms with E-state index in [-0.39, 0.29) is 17.9 Å². The van der Waals surface area contributed by atoms with Crippen LogP contribution in [-0.2, 0) is 6.42 Å². The van der Waals surface area contributed by atoms with E-state index in [0.29, 0.717) is 6.61 Å². The number of aromatic nitrogens is 1. The number of hydrogen-bond donors (Lipinski definition) is 2. The van der Waals surface area contributed by atoms with Crippen molar-refractivity contribution >= 4 is 34.9 Å². The highest BCUT2D eigenvalue weighted by Crippen LogP contribution is 2.32. The molecule has 1 heterocycles. The van der Waals surface area contributed by atoms with Gasteiger partial charge in [0.2, 0.25) is 0 Å². The number of fused-ring (bicyclic) bond motifs is 1. The highest BCUT2D eigenvalue weighted by atomic mass is 35.5. The van der Waals surface area contributed by atoms with Crippen molar-refractivity contribution in [3.8, 4) is 11.5 Å². The van der Waals surface area contributed by atoms with Gasteiger partial charge in [-0.1, -0.05) is 23.7 Å². The Bertz CT molecular complexity index is 967. The van der Waals surface area contributed by atoms with Gasteiger partial charge in [-0.25, -0.2) is 0 Å². The van der Waals surface area contributed by atoms with E-state index in [1.807, 2.05) is 42.5 Å². The first-order valence-corrected chi connectivity index (χ1v) is 10.7. The highest BCUT2D eigenvalue weighted by molar-refractivity contribution is 6.31. The number of benzene rings is 2. The lowest BCUT2D eigenvalue weighted by atomic mass is 9.94. The SMILES string of the molecule is CC(C)(Cc1c[nH]c2ccc(Cl)cc12)NCCOc1ccccc1OCC1CC1.Cl. The fourth-order valence-corrected chi connectivity index (χ4v) is 3.74. The van der Waals surface area contributed by atoms with Gasteiger partial charge in [-0.15, -0.1) is 12.4 Å². The average molecular weight is 449 g/mol. The minimum Gasteiger partial charge on any atom is -0.489 e. The molecule has 1 fully saturated rings. The molecule has 4 nitrogen and oxygen atoms in total. The lowest BCUT2D eigenvalue weighted by Gasteiger charge is -2.26. The summed E-state index contributed by atoms with van der Waals surface area (Å²) in [6.45, 7) is 6.56. The van der Waals surface area contributed by atoms with E-state index in [2.05, 4.69) is 30.3 Å². The van der Waals surface area contributed by atoms with Gasteiger partial charge in [-0.05, 0) is 74.9 Å². The lowest BCUT2D eigenvalue weighted by molar-refractivity contribution is 0.250. The predicted octanol–water partition coefficient (Wildman–Crippen LogP) is 6.02. The van der Waals surface area contributed by atoms with E-state index < -0.39 is 0 Å². The number of rotatable bonds is 10. The summed E-state index contributed by atoms with van der Waals surface area (Å²) >= 11 is 6.18. The zero-order chi connectivity index (χ0) is 20.3. The largest absolute Gasteiger partial charge is 0.489 e. The Labute approximate surface area is 189 Å². The Balaban J connectivity index is 0.00000256. The first-order chi connectivity index (χ1) is 14.0. The Morgan fingerprint density at radius 2 is 1.83 bits per heavy atom. The molecule has 0 spiro atoms. The fourth-order valence-electron chi connectivity index (χ4n) is 3.57. The summed E-state index contributed by atoms with van der Waals surface area (Å²) in [4.78, 5) is 3.33. The molecule has 0 radical (unpaired) electrons. The van der Waals surface area contributed by atoms with Gasteiger partial charge in [0.05, 0.1) is 6.61 Å². The van der Waals surface area contributed by atoms with Gasteiger partial charge in [0, 0.05) is 34.2 Å². The van der Waals surface area contributed by atoms with E-state index in [4.69, 9.17) is 21.1 Å². The number of H-pyrrole nitrogens is 1. The monoisotopic (exact) mass is 448 g/mol. The van der Waals surface area contributed by atoms with Crippen LogP contribution in [0, 0.1) is 5.92 Å². The van der Waals surface area contributed by atoms with Crippen LogP contribution in [-0.4, -0.2) is 30.3 Å². The Kier molecular flexibility index (Phi) is 7.56. The molecule has 2 aromatic carbocycles. The fraction of sp³-hybridized carbons (Fsp3) is 0.417. The van der Waals surface area contributed by atoms with Gasteiger partial charge < -0.3 is 19.8 Å². The Morgan fingerprint density at radius 3 is 2.57 bits per heavy atom. The van der Waals surface area contributed by atoms with Gasteiger partial charge in [-0.3, -0.25) is 0 Å². The summed E-state index contributed by atoms with van der Waals surface area (Å²) in [5.41, 5.74) is 2.31. The van der Waals surface area contributed by atoms with Crippen molar-refractivity contribution in [3.05, 3.63) is 59.2 Å². The molecule has 162 valence electrons. The molecule has 3 aromatic rings. The molecule has 1 aliphatic rings. The first kappa shape index (κ1) is 22.8. The van der Waals surface area contributed by atoms with Crippen LogP contribution in [0.4, 0.5) is 0 Å². The van der Waals surface area contributed by atoms with Crippen LogP contribution in [0.5, 0.6) is 11.5 Å². The maximum absolute atomic E-state index is 6.18. The Morgan fingerprint density at radius 1 is 1.10 bits per heavy atom. The third kappa shape index (κ3) is 6.07. The van der Waals surface area contributed by atoms with Gasteiger partial charge in [0.1, 0.15) is 6.61 Å². The number of nitrogens with one attached hydrogen (secondary N) is 2. The van der Waals surface area contributed by atoms with Crippen molar-refractivity contribution in [2.75, 3.05) is 19.8 Å². The van der Waals surface area contributed by atoms with Crippen molar-refractivity contribution < 1.29 is 9.47 Å². The number of hydrogen-bond acceptors (Lipinski definition) is 3. The number of para-hydroxylation sites is 2. The highest BCUT2D eigenvalue weighted by Gasteiger charge is 2.23. The van der Waals surface area contributed by atoms with Crippen molar-refractivity contribution in [1.82, 2.24) is 10.3 Å². The van der Waals surface area contributed by atoms with Crippen LogP contribution in [0.3, 0.4) is 0 Å². The van der Waals surface area contributed by atoms with E-state index in [1.165, 1.54) is 23.8 Å². The standard InChI is InChI=1S/C24H29ClN2O2.ClH/c1-24(2,14-18-15-26-21-10-9-19(25)13-20(18)21)27-11-12-28-22-5-3-4-6-23(22)29-16-17-7-8-17;/h3-6,9-10,13,15,17,26-27H,7-8,11-12,14,16H2,1-2H3;1H. The summed E-state index contributed by atoms with van der Waals surface area (Å²) in [7, 11) is 0. The van der Waals surface area contributed by atoms with Crippen LogP contribution in [0.15, 0.2) is 48.7 Å². The lowest BCUT2D eigenvalue weighted by Crippen LogP contribution is -2.43. The van der Waals surface area contributed by atoms with E-state index in [1.54, 1.807) is 0 Å². The Hall–Kier alpha value is -1.88. The first-order valence-electron chi connectivity index (χ1n) is 10.4. The molecule has 6 heteroatoms. The van der Waals surface area contributed by atoms with Crippen molar-refractivity contribution in [1.29, 1.82) is 0 Å². The van der Waals surface area contributed by atoms with Crippen molar-refractivity contribution in [3.63, 3.8) is 0 Å². The predicted molar refractivity (Wildman–Crippen MR) is 126 cm³/mol. The van der Waals surface area contributed by atoms with E-state index >= 15 is 0 Å². The minimum absolute atomic E-state index is 0. The molecule has 0 saturated heterocycles. The second-order valence-corrected chi connectivity index (χ2v) is 8.98. The molecule has 1 saturated carbocycles. The topological polar surface area (TPSA) is 46.3 Å². The van der Waals surface area contributed by atoms with Crippen LogP contribution >= 0.6 is 24.0 Å². The summed E-state index contributed by atoms with van der Waals surface area (Å²) in [5.74, 6) is 2.39. The van der Waals surface area contributed by atoms with Gasteiger partial charge in [0.15, 0.2) is 11.5 Å². The maximum atomic E-state index is 6.18. The molecule has 4 rings (SSSR count). The third-order valence-electron chi connectivity index (χ3n) is 5.35. The van der Waals surface area contributed by atoms with Crippen LogP contribution in [0.25, 0.3) is 10.9 Å². The quantitative estimate of drug-likeness (QED) is 0.372. The average Bonchev–Trinajstić information content (AvgIpc) is 3.46. The minimum atomic E-state index is -0.0667. The smallest absolute Gasteiger partial charge is 0.161 e. The molecule has 2 N–H and O–H groups in total.